The molecule has 15 heavy (non-hydrogen) atoms. The summed E-state index contributed by atoms with van der Waals surface area (Å²) < 4.78 is 5.72. The third-order valence-corrected chi connectivity index (χ3v) is 3.49. The molecule has 1 aliphatic heterocycles. The summed E-state index contributed by atoms with van der Waals surface area (Å²) in [5.41, 5.74) is 0. The van der Waals surface area contributed by atoms with Gasteiger partial charge in [0.2, 0.25) is 0 Å². The van der Waals surface area contributed by atoms with Crippen molar-refractivity contribution in [3.63, 3.8) is 0 Å². The van der Waals surface area contributed by atoms with Gasteiger partial charge in [-0.25, -0.2) is 0 Å². The molecule has 0 aromatic rings. The lowest BCUT2D eigenvalue weighted by Crippen LogP contribution is -2.45. The minimum atomic E-state index is 0.403. The molecule has 1 heterocycles. The Balaban J connectivity index is 2.20. The van der Waals surface area contributed by atoms with Gasteiger partial charge in [-0.05, 0) is 39.2 Å². The molecule has 0 saturated carbocycles. The van der Waals surface area contributed by atoms with Crippen molar-refractivity contribution in [1.29, 1.82) is 0 Å². The van der Waals surface area contributed by atoms with Crippen molar-refractivity contribution < 1.29 is 4.74 Å². The van der Waals surface area contributed by atoms with Gasteiger partial charge in [-0.1, -0.05) is 22.9 Å². The molecule has 0 radical (unpaired) electrons. The molecular weight excluding hydrogens is 254 g/mol. The minimum absolute atomic E-state index is 0.403. The van der Waals surface area contributed by atoms with Crippen LogP contribution in [0.2, 0.25) is 0 Å². The molecule has 0 spiro atoms. The van der Waals surface area contributed by atoms with Crippen LogP contribution in [0.4, 0.5) is 0 Å². The molecule has 0 amide bonds. The molecule has 3 atom stereocenters. The van der Waals surface area contributed by atoms with E-state index in [1.807, 2.05) is 0 Å². The highest BCUT2D eigenvalue weighted by Gasteiger charge is 2.21. The van der Waals surface area contributed by atoms with Gasteiger partial charge in [0.15, 0.2) is 0 Å². The Hall–Kier alpha value is 0.400. The monoisotopic (exact) mass is 277 g/mol. The molecule has 3 unspecified atom stereocenters. The molecule has 1 rings (SSSR count). The molecule has 3 heteroatoms. The van der Waals surface area contributed by atoms with Crippen molar-refractivity contribution in [3.8, 4) is 0 Å². The summed E-state index contributed by atoms with van der Waals surface area (Å²) in [6.45, 7) is 10.1. The predicted molar refractivity (Wildman–Crippen MR) is 68.6 cm³/mol. The van der Waals surface area contributed by atoms with E-state index in [0.717, 1.165) is 24.3 Å². The molecule has 90 valence electrons. The predicted octanol–water partition coefficient (Wildman–Crippen LogP) is 2.91. The second-order valence-electron chi connectivity index (χ2n) is 4.89. The number of ether oxygens (including phenoxy) is 1. The van der Waals surface area contributed by atoms with Crippen LogP contribution in [-0.2, 0) is 4.74 Å². The molecule has 0 N–H and O–H groups in total. The van der Waals surface area contributed by atoms with Crippen LogP contribution in [0.1, 0.15) is 33.6 Å². The zero-order valence-corrected chi connectivity index (χ0v) is 11.8. The first-order valence-electron chi connectivity index (χ1n) is 6.05. The number of hydrogen-bond acceptors (Lipinski definition) is 2. The van der Waals surface area contributed by atoms with E-state index in [2.05, 4.69) is 41.6 Å². The summed E-state index contributed by atoms with van der Waals surface area (Å²) in [4.78, 5) is 2.55. The maximum Gasteiger partial charge on any atom is 0.0678 e. The van der Waals surface area contributed by atoms with E-state index in [9.17, 15) is 0 Å². The van der Waals surface area contributed by atoms with Crippen molar-refractivity contribution in [2.24, 2.45) is 5.92 Å². The van der Waals surface area contributed by atoms with Crippen LogP contribution in [0.3, 0.4) is 0 Å². The van der Waals surface area contributed by atoms with Crippen LogP contribution in [0.5, 0.6) is 0 Å². The fraction of sp³-hybridized carbons (Fsp3) is 1.00. The van der Waals surface area contributed by atoms with Gasteiger partial charge >= 0.3 is 0 Å². The van der Waals surface area contributed by atoms with Crippen LogP contribution in [-0.4, -0.2) is 42.1 Å². The molecule has 1 saturated heterocycles. The number of halogens is 1. The van der Waals surface area contributed by atoms with Crippen molar-refractivity contribution in [2.75, 3.05) is 25.0 Å². The smallest absolute Gasteiger partial charge is 0.0678 e. The Morgan fingerprint density at radius 3 is 2.40 bits per heavy atom. The van der Waals surface area contributed by atoms with Crippen LogP contribution in [0, 0.1) is 5.92 Å². The number of alkyl halides is 1. The van der Waals surface area contributed by atoms with Crippen molar-refractivity contribution in [2.45, 2.75) is 45.8 Å². The highest BCUT2D eigenvalue weighted by Crippen LogP contribution is 2.14. The average molecular weight is 278 g/mol. The summed E-state index contributed by atoms with van der Waals surface area (Å²) in [5.74, 6) is 0.831. The highest BCUT2D eigenvalue weighted by atomic mass is 79.9. The lowest BCUT2D eigenvalue weighted by Gasteiger charge is -2.35. The Labute approximate surface area is 102 Å². The summed E-state index contributed by atoms with van der Waals surface area (Å²) in [7, 11) is 0. The highest BCUT2D eigenvalue weighted by molar-refractivity contribution is 9.09. The SMILES string of the molecule is CC(CCBr)CCN1CC(C)OC(C)C1. The van der Waals surface area contributed by atoms with Gasteiger partial charge in [0, 0.05) is 18.4 Å². The fourth-order valence-corrected chi connectivity index (χ4v) is 2.98. The van der Waals surface area contributed by atoms with Crippen LogP contribution >= 0.6 is 15.9 Å². The van der Waals surface area contributed by atoms with Crippen molar-refractivity contribution in [3.05, 3.63) is 0 Å². The van der Waals surface area contributed by atoms with Crippen LogP contribution < -0.4 is 0 Å². The third-order valence-electron chi connectivity index (χ3n) is 3.04. The number of hydrogen-bond donors (Lipinski definition) is 0. The maximum atomic E-state index is 5.72. The van der Waals surface area contributed by atoms with Gasteiger partial charge in [0.1, 0.15) is 0 Å². The fourth-order valence-electron chi connectivity index (χ4n) is 2.20. The average Bonchev–Trinajstić information content (AvgIpc) is 2.14. The maximum absolute atomic E-state index is 5.72. The molecule has 1 fully saturated rings. The lowest BCUT2D eigenvalue weighted by atomic mass is 10.0. The van der Waals surface area contributed by atoms with Gasteiger partial charge in [-0.3, -0.25) is 4.90 Å². The normalized spacial score (nSPS) is 30.4. The van der Waals surface area contributed by atoms with E-state index in [4.69, 9.17) is 4.74 Å². The zero-order chi connectivity index (χ0) is 11.3. The van der Waals surface area contributed by atoms with E-state index in [1.54, 1.807) is 0 Å². The number of nitrogens with zero attached hydrogens (tertiary/aromatic N) is 1. The number of rotatable bonds is 5. The largest absolute Gasteiger partial charge is 0.373 e. The quantitative estimate of drug-likeness (QED) is 0.717. The molecule has 0 aliphatic carbocycles. The first-order chi connectivity index (χ1) is 7.11. The Morgan fingerprint density at radius 1 is 1.27 bits per heavy atom. The summed E-state index contributed by atoms with van der Waals surface area (Å²) >= 11 is 3.50. The zero-order valence-electron chi connectivity index (χ0n) is 10.2. The first-order valence-corrected chi connectivity index (χ1v) is 7.17. The molecule has 1 aliphatic rings. The minimum Gasteiger partial charge on any atom is -0.373 e. The molecule has 2 nitrogen and oxygen atoms in total. The first kappa shape index (κ1) is 13.5. The Kier molecular flexibility index (Phi) is 6.17. The van der Waals surface area contributed by atoms with Crippen LogP contribution in [0.25, 0.3) is 0 Å². The van der Waals surface area contributed by atoms with E-state index in [0.29, 0.717) is 12.2 Å². The van der Waals surface area contributed by atoms with Gasteiger partial charge in [-0.15, -0.1) is 0 Å². The van der Waals surface area contributed by atoms with E-state index in [-0.39, 0.29) is 0 Å². The second-order valence-corrected chi connectivity index (χ2v) is 5.68. The standard InChI is InChI=1S/C12H24BrNO/c1-10(4-6-13)5-7-14-8-11(2)15-12(3)9-14/h10-12H,4-9H2,1-3H3. The van der Waals surface area contributed by atoms with E-state index >= 15 is 0 Å². The van der Waals surface area contributed by atoms with E-state index in [1.165, 1.54) is 19.4 Å². The molecule has 0 bridgehead atoms. The molecule has 0 aromatic heterocycles. The summed E-state index contributed by atoms with van der Waals surface area (Å²) in [6, 6.07) is 0. The summed E-state index contributed by atoms with van der Waals surface area (Å²) in [6.07, 6.45) is 3.40. The third kappa shape index (κ3) is 5.32. The van der Waals surface area contributed by atoms with Gasteiger partial charge in [0.25, 0.3) is 0 Å². The second kappa shape index (κ2) is 6.87. The Morgan fingerprint density at radius 2 is 1.87 bits per heavy atom. The molecular formula is C12H24BrNO. The van der Waals surface area contributed by atoms with Crippen molar-refractivity contribution in [1.82, 2.24) is 4.90 Å². The van der Waals surface area contributed by atoms with E-state index < -0.39 is 0 Å². The summed E-state index contributed by atoms with van der Waals surface area (Å²) in [5, 5.41) is 1.13. The molecule has 0 aromatic carbocycles. The van der Waals surface area contributed by atoms with Gasteiger partial charge < -0.3 is 4.74 Å². The Bertz CT molecular complexity index is 167. The van der Waals surface area contributed by atoms with Gasteiger partial charge in [0.05, 0.1) is 12.2 Å². The van der Waals surface area contributed by atoms with Gasteiger partial charge in [-0.2, -0.15) is 0 Å². The lowest BCUT2D eigenvalue weighted by molar-refractivity contribution is -0.0688. The number of morpholine rings is 1. The topological polar surface area (TPSA) is 12.5 Å². The van der Waals surface area contributed by atoms with Crippen molar-refractivity contribution >= 4 is 15.9 Å². The van der Waals surface area contributed by atoms with Crippen LogP contribution in [0.15, 0.2) is 0 Å².